The zero-order valence-corrected chi connectivity index (χ0v) is 46.7. The lowest BCUT2D eigenvalue weighted by Gasteiger charge is -2.27. The van der Waals surface area contributed by atoms with Gasteiger partial charge in [-0.3, -0.25) is 19.4 Å². The lowest BCUT2D eigenvalue weighted by molar-refractivity contribution is 0.0326. The molecular weight excluding hydrogens is 1060 g/mol. The highest BCUT2D eigenvalue weighted by Gasteiger charge is 2.50. The van der Waals surface area contributed by atoms with Crippen LogP contribution in [0.1, 0.15) is 87.6 Å². The normalized spacial score (nSPS) is 28.0. The number of ketones is 2. The Bertz CT molecular complexity index is 2840. The van der Waals surface area contributed by atoms with E-state index >= 15 is 0 Å². The van der Waals surface area contributed by atoms with E-state index in [1.807, 2.05) is 42.5 Å². The van der Waals surface area contributed by atoms with Gasteiger partial charge >= 0.3 is 0 Å². The fraction of sp³-hybridized carbons (Fsp3) is 0.424. The van der Waals surface area contributed by atoms with Crippen LogP contribution in [0, 0.1) is 35.5 Å². The Labute approximate surface area is 473 Å². The number of hydrogen-bond donors (Lipinski definition) is 8. The third-order valence-corrected chi connectivity index (χ3v) is 17.9. The van der Waals surface area contributed by atoms with Crippen molar-refractivity contribution in [1.29, 1.82) is 0 Å². The number of phenolic OH excluding ortho intramolecular Hbond substituents is 3. The van der Waals surface area contributed by atoms with E-state index in [1.54, 1.807) is 60.7 Å². The van der Waals surface area contributed by atoms with Gasteiger partial charge in [-0.05, 0) is 170 Å². The summed E-state index contributed by atoms with van der Waals surface area (Å²) in [6, 6.07) is 50.2. The number of likely N-dealkylation sites (tertiary alicyclic amines) is 2. The number of rotatable bonds is 14. The van der Waals surface area contributed by atoms with E-state index < -0.39 is 22.9 Å². The summed E-state index contributed by atoms with van der Waals surface area (Å²) in [6.45, 7) is 6.86. The van der Waals surface area contributed by atoms with Crippen molar-refractivity contribution in [1.82, 2.24) is 15.1 Å². The number of hydrogen-bond acceptors (Lipinski definition) is 12. The number of carbonyl (C=O) groups excluding carboxylic acids is 2. The van der Waals surface area contributed by atoms with Gasteiger partial charge in [0.05, 0.1) is 34.8 Å². The second-order valence-electron chi connectivity index (χ2n) is 23.7. The van der Waals surface area contributed by atoms with E-state index in [2.05, 4.69) is 79.6 Å². The summed E-state index contributed by atoms with van der Waals surface area (Å²) in [5.41, 5.74) is 4.10. The van der Waals surface area contributed by atoms with Gasteiger partial charge in [-0.1, -0.05) is 119 Å². The predicted octanol–water partition coefficient (Wildman–Crippen LogP) is 9.19. The molecule has 418 valence electrons. The fourth-order valence-corrected chi connectivity index (χ4v) is 14.1. The molecule has 6 fully saturated rings. The Morgan fingerprint density at radius 2 is 0.797 bits per heavy atom. The number of aliphatic hydroxyl groups is 4. The molecule has 3 heterocycles. The van der Waals surface area contributed by atoms with Gasteiger partial charge in [-0.2, -0.15) is 0 Å². The fourth-order valence-electron chi connectivity index (χ4n) is 13.8. The molecule has 12 nitrogen and oxygen atoms in total. The van der Waals surface area contributed by atoms with Gasteiger partial charge in [0, 0.05) is 63.1 Å². The summed E-state index contributed by atoms with van der Waals surface area (Å²) >= 11 is 3.06. The van der Waals surface area contributed by atoms with Gasteiger partial charge < -0.3 is 41.1 Å². The van der Waals surface area contributed by atoms with Crippen LogP contribution < -0.4 is 5.32 Å². The van der Waals surface area contributed by atoms with Crippen molar-refractivity contribution >= 4 is 27.5 Å². The molecule has 13 heteroatoms. The summed E-state index contributed by atoms with van der Waals surface area (Å²) in [7, 11) is 0. The van der Waals surface area contributed by atoms with E-state index in [0.717, 1.165) is 96.2 Å². The van der Waals surface area contributed by atoms with Crippen molar-refractivity contribution in [3.05, 3.63) is 197 Å². The van der Waals surface area contributed by atoms with Crippen LogP contribution in [0.3, 0.4) is 0 Å². The molecule has 6 aromatic rings. The maximum absolute atomic E-state index is 12.4. The molecule has 3 saturated carbocycles. The monoisotopic (exact) mass is 1140 g/mol. The molecular formula is C66H78BrN3O9. The molecule has 3 aliphatic heterocycles. The number of benzene rings is 6. The van der Waals surface area contributed by atoms with Crippen LogP contribution in [0.5, 0.6) is 17.2 Å². The average Bonchev–Trinajstić information content (AvgIpc) is 4.32. The quantitative estimate of drug-likeness (QED) is 0.0382. The standard InChI is InChI=1S/C22H27NO3.C22H25NO3.C14H19NO.C8H7BrO2/c2*24-20-8-6-17(7-9-20)21(25)15-23-13-18-11-22(26,12-19(18)14-23)10-16-4-2-1-3-5-16;16-14(6-11-4-2-1-3-5-11)7-12-9-15-10-13(12)8-14;9-5-8(11)6-1-3-7(10)4-2-6/h1-9,18-19,21,24-26H,10-15H2;1-9,18-19,24,26H,10-15H2;1-5,12-13,15-16H,6-10H2;1-4,10H,5H2/t18-,19+,21?,22?;18-,19+,22?;12-,13+,14?;. The maximum Gasteiger partial charge on any atom is 0.176 e. The number of β-amino-alcohol motifs (C(OH)–C–C–N with tert-alkyl or cyclic N) is 1. The summed E-state index contributed by atoms with van der Waals surface area (Å²) in [4.78, 5) is 28.0. The summed E-state index contributed by atoms with van der Waals surface area (Å²) in [5.74, 6) is 4.04. The third kappa shape index (κ3) is 16.0. The van der Waals surface area contributed by atoms with Crippen LogP contribution in [-0.2, 0) is 19.3 Å². The molecule has 4 unspecified atom stereocenters. The van der Waals surface area contributed by atoms with E-state index in [1.165, 1.54) is 28.8 Å². The van der Waals surface area contributed by atoms with Crippen LogP contribution in [0.4, 0.5) is 0 Å². The Balaban J connectivity index is 0.000000134. The van der Waals surface area contributed by atoms with E-state index in [-0.39, 0.29) is 28.8 Å². The minimum Gasteiger partial charge on any atom is -0.508 e. The summed E-state index contributed by atoms with van der Waals surface area (Å²) < 4.78 is 0. The first-order valence-corrected chi connectivity index (χ1v) is 29.2. The summed E-state index contributed by atoms with van der Waals surface area (Å²) in [6.07, 6.45) is 6.99. The van der Waals surface area contributed by atoms with Gasteiger partial charge in [-0.25, -0.2) is 0 Å². The minimum absolute atomic E-state index is 0.0185. The van der Waals surface area contributed by atoms with Crippen molar-refractivity contribution in [3.63, 3.8) is 0 Å². The van der Waals surface area contributed by atoms with Crippen molar-refractivity contribution in [2.45, 2.75) is 80.7 Å². The number of aromatic hydroxyl groups is 3. The molecule has 79 heavy (non-hydrogen) atoms. The Morgan fingerprint density at radius 3 is 1.16 bits per heavy atom. The molecule has 6 aliphatic rings. The third-order valence-electron chi connectivity index (χ3n) is 17.3. The Hall–Kier alpha value is -5.74. The predicted molar refractivity (Wildman–Crippen MR) is 311 cm³/mol. The Kier molecular flexibility index (Phi) is 19.2. The highest BCUT2D eigenvalue weighted by Crippen LogP contribution is 2.47. The lowest BCUT2D eigenvalue weighted by Crippen LogP contribution is -2.34. The van der Waals surface area contributed by atoms with E-state index in [4.69, 9.17) is 5.11 Å². The number of phenols is 3. The molecule has 0 aromatic heterocycles. The minimum atomic E-state index is -0.607. The highest BCUT2D eigenvalue weighted by atomic mass is 79.9. The highest BCUT2D eigenvalue weighted by molar-refractivity contribution is 9.09. The van der Waals surface area contributed by atoms with Gasteiger partial charge in [0.25, 0.3) is 0 Å². The van der Waals surface area contributed by atoms with Gasteiger partial charge in [0.2, 0.25) is 0 Å². The number of aliphatic hydroxyl groups excluding tert-OH is 1. The second kappa shape index (κ2) is 26.2. The van der Waals surface area contributed by atoms with Crippen LogP contribution in [-0.4, -0.2) is 132 Å². The van der Waals surface area contributed by atoms with Gasteiger partial charge in [-0.15, -0.1) is 0 Å². The van der Waals surface area contributed by atoms with Crippen molar-refractivity contribution in [2.24, 2.45) is 35.5 Å². The molecule has 0 amide bonds. The van der Waals surface area contributed by atoms with Gasteiger partial charge in [0.15, 0.2) is 11.6 Å². The number of nitrogens with zero attached hydrogens (tertiary/aromatic N) is 2. The van der Waals surface area contributed by atoms with Crippen LogP contribution in [0.15, 0.2) is 164 Å². The summed E-state index contributed by atoms with van der Waals surface area (Å²) in [5, 5.41) is 74.5. The average molecular weight is 1140 g/mol. The molecule has 8 N–H and O–H groups in total. The zero-order valence-electron chi connectivity index (χ0n) is 45.1. The number of nitrogens with one attached hydrogen (secondary N) is 1. The van der Waals surface area contributed by atoms with Crippen LogP contribution >= 0.6 is 15.9 Å². The number of Topliss-reactive ketones (excluding diaryl/α,β-unsaturated/α-hetero) is 2. The van der Waals surface area contributed by atoms with E-state index in [0.29, 0.717) is 71.5 Å². The maximum atomic E-state index is 12.4. The smallest absolute Gasteiger partial charge is 0.176 e. The second-order valence-corrected chi connectivity index (χ2v) is 24.3. The Morgan fingerprint density at radius 1 is 0.468 bits per heavy atom. The molecule has 6 aromatic carbocycles. The number of fused-ring (bicyclic) bond motifs is 3. The molecule has 0 bridgehead atoms. The lowest BCUT2D eigenvalue weighted by atomic mass is 9.91. The van der Waals surface area contributed by atoms with Crippen molar-refractivity contribution < 1.29 is 45.3 Å². The SMILES string of the molecule is O=C(CBr)c1ccc(O)cc1.O=C(CN1C[C@@H]2CC(O)(Cc3ccccc3)C[C@@H]2C1)c1ccc(O)cc1.OC1(Cc2ccccc2)C[C@H]2CNC[C@H]2C1.Oc1ccc(C(O)CN2C[C@@H]3CC(O)(Cc4ccccc4)C[C@@H]3C2)cc1. The van der Waals surface area contributed by atoms with Crippen molar-refractivity contribution in [2.75, 3.05) is 57.7 Å². The zero-order chi connectivity index (χ0) is 55.6. The first-order chi connectivity index (χ1) is 38.0. The number of halogens is 1. The van der Waals surface area contributed by atoms with Crippen LogP contribution in [0.25, 0.3) is 0 Å². The van der Waals surface area contributed by atoms with E-state index in [9.17, 15) is 40.2 Å². The molecule has 10 atom stereocenters. The number of alkyl halides is 1. The first kappa shape index (κ1) is 57.9. The topological polar surface area (TPSA) is 194 Å². The molecule has 3 saturated heterocycles. The molecule has 3 aliphatic carbocycles. The largest absolute Gasteiger partial charge is 0.508 e. The first-order valence-electron chi connectivity index (χ1n) is 28.1. The van der Waals surface area contributed by atoms with Gasteiger partial charge in [0.1, 0.15) is 17.2 Å². The number of carbonyl (C=O) groups is 2. The molecule has 0 spiro atoms. The molecule has 0 radical (unpaired) electrons. The molecule has 12 rings (SSSR count). The van der Waals surface area contributed by atoms with Crippen molar-refractivity contribution in [3.8, 4) is 17.2 Å². The van der Waals surface area contributed by atoms with Crippen LogP contribution in [0.2, 0.25) is 0 Å².